The first-order valence-electron chi connectivity index (χ1n) is 7.19. The number of thiophene rings is 1. The van der Waals surface area contributed by atoms with E-state index in [1.54, 1.807) is 15.6 Å². The van der Waals surface area contributed by atoms with Crippen molar-refractivity contribution in [2.75, 3.05) is 33.8 Å². The molecule has 2 atom stereocenters. The maximum Gasteiger partial charge on any atom is 0.220 e. The van der Waals surface area contributed by atoms with Gasteiger partial charge >= 0.3 is 0 Å². The summed E-state index contributed by atoms with van der Waals surface area (Å²) in [7, 11) is 0.578. The summed E-state index contributed by atoms with van der Waals surface area (Å²) in [6, 6.07) is 3.94. The molecule has 0 aliphatic carbocycles. The number of nitrogens with zero attached hydrogens (tertiary/aromatic N) is 2. The van der Waals surface area contributed by atoms with E-state index >= 15 is 0 Å². The van der Waals surface area contributed by atoms with Crippen LogP contribution in [0.3, 0.4) is 0 Å². The van der Waals surface area contributed by atoms with E-state index in [4.69, 9.17) is 4.74 Å². The Labute approximate surface area is 131 Å². The Bertz CT molecular complexity index is 528. The second kappa shape index (κ2) is 7.19. The maximum atomic E-state index is 12.9. The van der Waals surface area contributed by atoms with E-state index in [-0.39, 0.29) is 6.10 Å². The molecule has 1 aromatic heterocycles. The number of rotatable bonds is 7. The number of sulfonamides is 1. The molecule has 7 heteroatoms. The van der Waals surface area contributed by atoms with Gasteiger partial charge in [0.2, 0.25) is 10.0 Å². The molecule has 0 N–H and O–H groups in total. The maximum absolute atomic E-state index is 12.9. The SMILES string of the molecule is C[C@H]1OCC[C@@H]1S(=O)(=O)N(CCN(C)C)Cc1cccs1. The number of likely N-dealkylation sites (N-methyl/N-ethyl adjacent to an activating group) is 1. The van der Waals surface area contributed by atoms with Gasteiger partial charge in [-0.1, -0.05) is 6.07 Å². The zero-order chi connectivity index (χ0) is 15.5. The van der Waals surface area contributed by atoms with Crippen molar-refractivity contribution in [3.63, 3.8) is 0 Å². The Morgan fingerprint density at radius 3 is 2.67 bits per heavy atom. The molecule has 2 rings (SSSR count). The summed E-state index contributed by atoms with van der Waals surface area (Å²) in [5, 5.41) is 1.56. The third-order valence-electron chi connectivity index (χ3n) is 3.76. The Hall–Kier alpha value is -0.470. The highest BCUT2D eigenvalue weighted by Gasteiger charge is 2.39. The highest BCUT2D eigenvalue weighted by Crippen LogP contribution is 2.25. The van der Waals surface area contributed by atoms with E-state index in [1.807, 2.05) is 43.4 Å². The largest absolute Gasteiger partial charge is 0.377 e. The van der Waals surface area contributed by atoms with Gasteiger partial charge < -0.3 is 9.64 Å². The fourth-order valence-electron chi connectivity index (χ4n) is 2.48. The fourth-order valence-corrected chi connectivity index (χ4v) is 5.28. The molecule has 1 aliphatic heterocycles. The molecule has 21 heavy (non-hydrogen) atoms. The van der Waals surface area contributed by atoms with Gasteiger partial charge in [0.05, 0.1) is 6.10 Å². The second-order valence-electron chi connectivity index (χ2n) is 5.66. The lowest BCUT2D eigenvalue weighted by molar-refractivity contribution is 0.125. The molecule has 1 aromatic rings. The Balaban J connectivity index is 2.16. The fraction of sp³-hybridized carbons (Fsp3) is 0.714. The Morgan fingerprint density at radius 2 is 2.14 bits per heavy atom. The predicted octanol–water partition coefficient (Wildman–Crippen LogP) is 1.62. The standard InChI is InChI=1S/C14H24N2O3S2/c1-12-14(6-9-19-12)21(17,18)16(8-7-15(2)3)11-13-5-4-10-20-13/h4-5,10,12,14H,6-9,11H2,1-3H3/t12-,14+/m1/s1. The summed E-state index contributed by atoms with van der Waals surface area (Å²) >= 11 is 1.59. The van der Waals surface area contributed by atoms with E-state index in [1.165, 1.54) is 0 Å². The topological polar surface area (TPSA) is 49.9 Å². The van der Waals surface area contributed by atoms with Crippen LogP contribution in [-0.4, -0.2) is 62.8 Å². The molecule has 0 spiro atoms. The minimum atomic E-state index is -3.33. The van der Waals surface area contributed by atoms with Crippen molar-refractivity contribution in [1.82, 2.24) is 9.21 Å². The first-order chi connectivity index (χ1) is 9.91. The highest BCUT2D eigenvalue weighted by molar-refractivity contribution is 7.89. The molecule has 0 amide bonds. The van der Waals surface area contributed by atoms with Gasteiger partial charge in [0.15, 0.2) is 0 Å². The molecule has 0 bridgehead atoms. The van der Waals surface area contributed by atoms with Gasteiger partial charge in [0, 0.05) is 31.1 Å². The zero-order valence-corrected chi connectivity index (χ0v) is 14.5. The van der Waals surface area contributed by atoms with Gasteiger partial charge in [-0.3, -0.25) is 0 Å². The van der Waals surface area contributed by atoms with E-state index < -0.39 is 15.3 Å². The average Bonchev–Trinajstić information content (AvgIpc) is 3.05. The predicted molar refractivity (Wildman–Crippen MR) is 86.0 cm³/mol. The summed E-state index contributed by atoms with van der Waals surface area (Å²) in [6.45, 7) is 4.07. The zero-order valence-electron chi connectivity index (χ0n) is 12.9. The first-order valence-corrected chi connectivity index (χ1v) is 9.57. The first kappa shape index (κ1) is 16.9. The van der Waals surface area contributed by atoms with Crippen LogP contribution in [0.1, 0.15) is 18.2 Å². The van der Waals surface area contributed by atoms with E-state index in [9.17, 15) is 8.42 Å². The Morgan fingerprint density at radius 1 is 1.38 bits per heavy atom. The lowest BCUT2D eigenvalue weighted by Crippen LogP contribution is -2.43. The lowest BCUT2D eigenvalue weighted by atomic mass is 10.3. The summed E-state index contributed by atoms with van der Waals surface area (Å²) < 4.78 is 32.9. The van der Waals surface area contributed by atoms with Crippen molar-refractivity contribution < 1.29 is 13.2 Å². The van der Waals surface area contributed by atoms with Crippen molar-refractivity contribution in [2.45, 2.75) is 31.2 Å². The molecule has 2 heterocycles. The van der Waals surface area contributed by atoms with Crippen molar-refractivity contribution in [2.24, 2.45) is 0 Å². The normalized spacial score (nSPS) is 23.3. The number of hydrogen-bond donors (Lipinski definition) is 0. The van der Waals surface area contributed by atoms with Crippen LogP contribution in [0.2, 0.25) is 0 Å². The van der Waals surface area contributed by atoms with Crippen LogP contribution >= 0.6 is 11.3 Å². The minimum Gasteiger partial charge on any atom is -0.377 e. The van der Waals surface area contributed by atoms with Gasteiger partial charge in [-0.15, -0.1) is 11.3 Å². The third-order valence-corrected chi connectivity index (χ3v) is 7.03. The van der Waals surface area contributed by atoms with Crippen molar-refractivity contribution in [1.29, 1.82) is 0 Å². The lowest BCUT2D eigenvalue weighted by Gasteiger charge is -2.27. The van der Waals surface area contributed by atoms with Crippen LogP contribution in [0.15, 0.2) is 17.5 Å². The molecule has 120 valence electrons. The monoisotopic (exact) mass is 332 g/mol. The smallest absolute Gasteiger partial charge is 0.220 e. The summed E-state index contributed by atoms with van der Waals surface area (Å²) in [6.07, 6.45) is 0.368. The van der Waals surface area contributed by atoms with Gasteiger partial charge in [0.25, 0.3) is 0 Å². The number of ether oxygens (including phenoxy) is 1. The molecule has 0 saturated carbocycles. The van der Waals surface area contributed by atoms with Gasteiger partial charge in [-0.05, 0) is 38.9 Å². The minimum absolute atomic E-state index is 0.222. The molecular formula is C14H24N2O3S2. The average molecular weight is 332 g/mol. The molecule has 1 fully saturated rings. The quantitative estimate of drug-likeness (QED) is 0.761. The second-order valence-corrected chi connectivity index (χ2v) is 8.85. The van der Waals surface area contributed by atoms with E-state index in [0.717, 1.165) is 4.88 Å². The van der Waals surface area contributed by atoms with Crippen LogP contribution in [-0.2, 0) is 21.3 Å². The molecule has 0 radical (unpaired) electrons. The number of hydrogen-bond acceptors (Lipinski definition) is 5. The molecule has 0 unspecified atom stereocenters. The molecule has 5 nitrogen and oxygen atoms in total. The summed E-state index contributed by atoms with van der Waals surface area (Å²) in [4.78, 5) is 3.08. The highest BCUT2D eigenvalue weighted by atomic mass is 32.2. The Kier molecular flexibility index (Phi) is 5.79. The molecule has 0 aromatic carbocycles. The van der Waals surface area contributed by atoms with Crippen molar-refractivity contribution in [3.05, 3.63) is 22.4 Å². The third kappa shape index (κ3) is 4.26. The van der Waals surface area contributed by atoms with Crippen molar-refractivity contribution in [3.8, 4) is 0 Å². The summed E-state index contributed by atoms with van der Waals surface area (Å²) in [5.74, 6) is 0. The van der Waals surface area contributed by atoms with Crippen LogP contribution in [0.4, 0.5) is 0 Å². The van der Waals surface area contributed by atoms with Crippen molar-refractivity contribution >= 4 is 21.4 Å². The van der Waals surface area contributed by atoms with E-state index in [0.29, 0.717) is 32.7 Å². The van der Waals surface area contributed by atoms with Crippen LogP contribution in [0.25, 0.3) is 0 Å². The molecule has 1 aliphatic rings. The van der Waals surface area contributed by atoms with Crippen LogP contribution in [0, 0.1) is 0 Å². The molecule has 1 saturated heterocycles. The van der Waals surface area contributed by atoms with Gasteiger partial charge in [0.1, 0.15) is 5.25 Å². The summed E-state index contributed by atoms with van der Waals surface area (Å²) in [5.41, 5.74) is 0. The molecular weight excluding hydrogens is 308 g/mol. The van der Waals surface area contributed by atoms with Gasteiger partial charge in [-0.2, -0.15) is 4.31 Å². The van der Waals surface area contributed by atoms with Crippen LogP contribution < -0.4 is 0 Å². The van der Waals surface area contributed by atoms with Crippen LogP contribution in [0.5, 0.6) is 0 Å². The van der Waals surface area contributed by atoms with Gasteiger partial charge in [-0.25, -0.2) is 8.42 Å². The van der Waals surface area contributed by atoms with E-state index in [2.05, 4.69) is 0 Å².